The highest BCUT2D eigenvalue weighted by Gasteiger charge is 2.61. The zero-order valence-corrected chi connectivity index (χ0v) is 20.1. The van der Waals surface area contributed by atoms with E-state index in [4.69, 9.17) is 0 Å². The van der Waals surface area contributed by atoms with E-state index in [0.717, 1.165) is 31.1 Å². The highest BCUT2D eigenvalue weighted by molar-refractivity contribution is 5.22. The molecule has 0 amide bonds. The van der Waals surface area contributed by atoms with E-state index in [9.17, 15) is 0 Å². The summed E-state index contributed by atoms with van der Waals surface area (Å²) in [5.41, 5.74) is 3.24. The van der Waals surface area contributed by atoms with Crippen molar-refractivity contribution < 1.29 is 0 Å². The Morgan fingerprint density at radius 2 is 1.28 bits per heavy atom. The van der Waals surface area contributed by atoms with Crippen molar-refractivity contribution >= 4 is 0 Å². The van der Waals surface area contributed by atoms with E-state index in [1.165, 1.54) is 81.8 Å². The third-order valence-electron chi connectivity index (χ3n) is 8.79. The predicted molar refractivity (Wildman–Crippen MR) is 134 cm³/mol. The molecule has 1 aliphatic heterocycles. The second-order valence-corrected chi connectivity index (χ2v) is 10.6. The van der Waals surface area contributed by atoms with Crippen LogP contribution < -0.4 is 0 Å². The second-order valence-electron chi connectivity index (χ2n) is 10.6. The summed E-state index contributed by atoms with van der Waals surface area (Å²) >= 11 is 0. The lowest BCUT2D eigenvalue weighted by Gasteiger charge is -2.47. The third kappa shape index (κ3) is 4.17. The lowest BCUT2D eigenvalue weighted by atomic mass is 9.87. The standard InChI is InChI=1S/C30H42N2/c1-2-3-6-18-27-19-13-22-30(27)31(23-25-14-7-4-8-15-25)28-20-11-12-21-29(28)32(30)24-26-16-9-5-10-17-26/h4-5,7-10,14-17,27-29H,2-3,6,11-13,18-24H2,1H3. The summed E-state index contributed by atoms with van der Waals surface area (Å²) in [5.74, 6) is 0.812. The molecule has 3 fully saturated rings. The van der Waals surface area contributed by atoms with Crippen LogP contribution in [0.5, 0.6) is 0 Å². The van der Waals surface area contributed by atoms with E-state index in [0.29, 0.717) is 0 Å². The average Bonchev–Trinajstić information content (AvgIpc) is 3.37. The molecular weight excluding hydrogens is 388 g/mol. The molecule has 1 saturated heterocycles. The van der Waals surface area contributed by atoms with Crippen molar-refractivity contribution in [3.05, 3.63) is 71.8 Å². The van der Waals surface area contributed by atoms with Gasteiger partial charge >= 0.3 is 0 Å². The fourth-order valence-electron chi connectivity index (χ4n) is 7.44. The Morgan fingerprint density at radius 1 is 0.719 bits per heavy atom. The van der Waals surface area contributed by atoms with Gasteiger partial charge in [0.15, 0.2) is 0 Å². The molecule has 0 aromatic heterocycles. The van der Waals surface area contributed by atoms with Gasteiger partial charge in [-0.1, -0.05) is 99.7 Å². The maximum Gasteiger partial charge on any atom is 0.0778 e. The maximum absolute atomic E-state index is 3.04. The van der Waals surface area contributed by atoms with Crippen LogP contribution in [0.3, 0.4) is 0 Å². The van der Waals surface area contributed by atoms with E-state index in [-0.39, 0.29) is 5.66 Å². The van der Waals surface area contributed by atoms with Crippen molar-refractivity contribution in [1.29, 1.82) is 0 Å². The normalized spacial score (nSPS) is 30.7. The van der Waals surface area contributed by atoms with E-state index in [2.05, 4.69) is 77.4 Å². The average molecular weight is 431 g/mol. The Balaban J connectivity index is 1.53. The molecule has 2 aliphatic carbocycles. The zero-order chi connectivity index (χ0) is 21.8. The van der Waals surface area contributed by atoms with Crippen LogP contribution >= 0.6 is 0 Å². The summed E-state index contributed by atoms with van der Waals surface area (Å²) in [6, 6.07) is 24.1. The Hall–Kier alpha value is -1.64. The van der Waals surface area contributed by atoms with Crippen molar-refractivity contribution in [3.8, 4) is 0 Å². The van der Waals surface area contributed by atoms with E-state index >= 15 is 0 Å². The van der Waals surface area contributed by atoms with Gasteiger partial charge in [0.05, 0.1) is 5.66 Å². The lowest BCUT2D eigenvalue weighted by Crippen LogP contribution is -2.56. The van der Waals surface area contributed by atoms with Gasteiger partial charge in [-0.2, -0.15) is 0 Å². The summed E-state index contributed by atoms with van der Waals surface area (Å²) in [4.78, 5) is 6.08. The van der Waals surface area contributed by atoms with Gasteiger partial charge in [0, 0.05) is 25.2 Å². The first-order valence-corrected chi connectivity index (χ1v) is 13.4. The minimum absolute atomic E-state index is 0.249. The highest BCUT2D eigenvalue weighted by atomic mass is 15.5. The Morgan fingerprint density at radius 3 is 1.81 bits per heavy atom. The third-order valence-corrected chi connectivity index (χ3v) is 8.79. The molecule has 0 radical (unpaired) electrons. The van der Waals surface area contributed by atoms with Gasteiger partial charge in [-0.15, -0.1) is 0 Å². The van der Waals surface area contributed by atoms with Gasteiger partial charge in [-0.3, -0.25) is 9.80 Å². The molecule has 0 bridgehead atoms. The molecule has 5 rings (SSSR count). The highest BCUT2D eigenvalue weighted by Crippen LogP contribution is 2.55. The minimum atomic E-state index is 0.249. The smallest absolute Gasteiger partial charge is 0.0778 e. The molecule has 3 aliphatic rings. The van der Waals surface area contributed by atoms with Gasteiger partial charge in [0.1, 0.15) is 0 Å². The number of fused-ring (bicyclic) bond motifs is 1. The van der Waals surface area contributed by atoms with Gasteiger partial charge in [-0.25, -0.2) is 0 Å². The van der Waals surface area contributed by atoms with Crippen molar-refractivity contribution in [1.82, 2.24) is 9.80 Å². The SMILES string of the molecule is CCCCCC1CCCC12N(Cc1ccccc1)C1CCCCC1N2Cc1ccccc1. The van der Waals surface area contributed by atoms with Crippen LogP contribution in [0.15, 0.2) is 60.7 Å². The maximum atomic E-state index is 3.04. The van der Waals surface area contributed by atoms with Crippen molar-refractivity contribution in [2.75, 3.05) is 0 Å². The monoisotopic (exact) mass is 430 g/mol. The molecular formula is C30H42N2. The summed E-state index contributed by atoms with van der Waals surface area (Å²) in [5, 5.41) is 0. The largest absolute Gasteiger partial charge is 0.276 e. The number of nitrogens with zero attached hydrogens (tertiary/aromatic N) is 2. The molecule has 32 heavy (non-hydrogen) atoms. The first-order chi connectivity index (χ1) is 15.8. The predicted octanol–water partition coefficient (Wildman–Crippen LogP) is 7.39. The number of unbranched alkanes of at least 4 members (excludes halogenated alkanes) is 2. The molecule has 3 unspecified atom stereocenters. The topological polar surface area (TPSA) is 6.48 Å². The van der Waals surface area contributed by atoms with E-state index in [1.807, 2.05) is 0 Å². The van der Waals surface area contributed by atoms with E-state index < -0.39 is 0 Å². The summed E-state index contributed by atoms with van der Waals surface area (Å²) < 4.78 is 0. The van der Waals surface area contributed by atoms with Crippen LogP contribution in [0.25, 0.3) is 0 Å². The molecule has 1 heterocycles. The molecule has 2 nitrogen and oxygen atoms in total. The summed E-state index contributed by atoms with van der Waals surface area (Å²) in [7, 11) is 0. The molecule has 172 valence electrons. The number of benzene rings is 2. The van der Waals surface area contributed by atoms with Gasteiger partial charge < -0.3 is 0 Å². The molecule has 0 N–H and O–H groups in total. The number of hydrogen-bond acceptors (Lipinski definition) is 2. The minimum Gasteiger partial charge on any atom is -0.276 e. The molecule has 1 spiro atoms. The second kappa shape index (κ2) is 10.1. The zero-order valence-electron chi connectivity index (χ0n) is 20.1. The van der Waals surface area contributed by atoms with Crippen LogP contribution in [-0.4, -0.2) is 27.5 Å². The Bertz CT molecular complexity index is 775. The van der Waals surface area contributed by atoms with Gasteiger partial charge in [0.25, 0.3) is 0 Å². The molecule has 2 heteroatoms. The summed E-state index contributed by atoms with van der Waals surface area (Å²) in [6.07, 6.45) is 15.3. The van der Waals surface area contributed by atoms with Crippen LogP contribution in [0.2, 0.25) is 0 Å². The fourth-order valence-corrected chi connectivity index (χ4v) is 7.44. The van der Waals surface area contributed by atoms with Crippen molar-refractivity contribution in [2.24, 2.45) is 5.92 Å². The Kier molecular flexibility index (Phi) is 6.99. The number of hydrogen-bond donors (Lipinski definition) is 0. The summed E-state index contributed by atoms with van der Waals surface area (Å²) in [6.45, 7) is 4.59. The molecule has 2 aromatic carbocycles. The fraction of sp³-hybridized carbons (Fsp3) is 0.600. The molecule has 2 saturated carbocycles. The quantitative estimate of drug-likeness (QED) is 0.403. The van der Waals surface area contributed by atoms with Gasteiger partial charge in [-0.05, 0) is 55.6 Å². The Labute approximate surface area is 196 Å². The lowest BCUT2D eigenvalue weighted by molar-refractivity contribution is -0.0490. The molecule has 2 aromatic rings. The first-order valence-electron chi connectivity index (χ1n) is 13.4. The first kappa shape index (κ1) is 22.2. The van der Waals surface area contributed by atoms with Crippen LogP contribution in [0.1, 0.15) is 88.7 Å². The van der Waals surface area contributed by atoms with Crippen molar-refractivity contribution in [3.63, 3.8) is 0 Å². The molecule has 3 atom stereocenters. The van der Waals surface area contributed by atoms with E-state index in [1.54, 1.807) is 0 Å². The number of rotatable bonds is 8. The van der Waals surface area contributed by atoms with Gasteiger partial charge in [0.2, 0.25) is 0 Å². The van der Waals surface area contributed by atoms with Crippen LogP contribution in [-0.2, 0) is 13.1 Å². The van der Waals surface area contributed by atoms with Crippen LogP contribution in [0, 0.1) is 5.92 Å². The van der Waals surface area contributed by atoms with Crippen molar-refractivity contribution in [2.45, 2.75) is 108 Å². The van der Waals surface area contributed by atoms with Crippen LogP contribution in [0.4, 0.5) is 0 Å².